The average Bonchev–Trinajstić information content (AvgIpc) is 2.58. The molecule has 0 saturated heterocycles. The first-order chi connectivity index (χ1) is 11.8. The van der Waals surface area contributed by atoms with E-state index in [0.29, 0.717) is 5.02 Å². The van der Waals surface area contributed by atoms with Gasteiger partial charge < -0.3 is 15.4 Å². The zero-order chi connectivity index (χ0) is 18.6. The van der Waals surface area contributed by atoms with Gasteiger partial charge in [0.25, 0.3) is 11.8 Å². The molecule has 5 nitrogen and oxygen atoms in total. The van der Waals surface area contributed by atoms with Gasteiger partial charge in [-0.25, -0.2) is 4.39 Å². The van der Waals surface area contributed by atoms with Crippen molar-refractivity contribution in [2.75, 3.05) is 13.7 Å². The van der Waals surface area contributed by atoms with E-state index in [-0.39, 0.29) is 35.7 Å². The third-order valence-corrected chi connectivity index (χ3v) is 4.12. The summed E-state index contributed by atoms with van der Waals surface area (Å²) >= 11 is 5.88. The molecule has 2 N–H and O–H groups in total. The normalized spacial score (nSPS) is 11.7. The lowest BCUT2D eigenvalue weighted by Crippen LogP contribution is -2.33. The molecule has 7 heteroatoms. The summed E-state index contributed by atoms with van der Waals surface area (Å²) in [6.45, 7) is 1.53. The summed E-state index contributed by atoms with van der Waals surface area (Å²) in [4.78, 5) is 25.2. The summed E-state index contributed by atoms with van der Waals surface area (Å²) < 4.78 is 18.4. The van der Waals surface area contributed by atoms with Crippen molar-refractivity contribution in [2.24, 2.45) is 5.73 Å². The van der Waals surface area contributed by atoms with Crippen LogP contribution in [-0.2, 0) is 4.79 Å². The Balaban J connectivity index is 2.06. The quantitative estimate of drug-likeness (QED) is 0.855. The van der Waals surface area contributed by atoms with E-state index in [0.717, 1.165) is 5.56 Å². The highest BCUT2D eigenvalue weighted by Gasteiger charge is 2.19. The van der Waals surface area contributed by atoms with Gasteiger partial charge in [0.2, 0.25) is 0 Å². The van der Waals surface area contributed by atoms with Gasteiger partial charge in [-0.1, -0.05) is 23.7 Å². The van der Waals surface area contributed by atoms with Crippen molar-refractivity contribution in [3.05, 3.63) is 64.4 Å². The van der Waals surface area contributed by atoms with E-state index in [9.17, 15) is 14.0 Å². The fourth-order valence-electron chi connectivity index (χ4n) is 2.24. The number of rotatable bonds is 6. The molecule has 2 amide bonds. The second-order valence-corrected chi connectivity index (χ2v) is 5.96. The van der Waals surface area contributed by atoms with Crippen molar-refractivity contribution in [1.82, 2.24) is 4.90 Å². The van der Waals surface area contributed by atoms with E-state index in [2.05, 4.69) is 0 Å². The Morgan fingerprint density at radius 2 is 1.88 bits per heavy atom. The van der Waals surface area contributed by atoms with Crippen molar-refractivity contribution in [3.63, 3.8) is 0 Å². The molecule has 0 aliphatic rings. The molecule has 1 atom stereocenters. The lowest BCUT2D eigenvalue weighted by molar-refractivity contribution is -0.134. The average molecular weight is 365 g/mol. The molecule has 0 radical (unpaired) electrons. The van der Waals surface area contributed by atoms with Gasteiger partial charge in [-0.15, -0.1) is 0 Å². The first kappa shape index (κ1) is 18.7. The monoisotopic (exact) mass is 364 g/mol. The summed E-state index contributed by atoms with van der Waals surface area (Å²) in [5.74, 6) is -1.18. The molecule has 0 saturated carbocycles. The molecule has 0 bridgehead atoms. The van der Waals surface area contributed by atoms with Gasteiger partial charge >= 0.3 is 0 Å². The van der Waals surface area contributed by atoms with Crippen LogP contribution < -0.4 is 10.5 Å². The Labute approximate surface area is 150 Å². The van der Waals surface area contributed by atoms with E-state index in [1.165, 1.54) is 35.2 Å². The number of likely N-dealkylation sites (N-methyl/N-ethyl adjacent to an activating group) is 1. The minimum Gasteiger partial charge on any atom is -0.483 e. The van der Waals surface area contributed by atoms with Crippen LogP contribution in [0.5, 0.6) is 5.75 Å². The van der Waals surface area contributed by atoms with E-state index in [1.807, 2.05) is 6.92 Å². The van der Waals surface area contributed by atoms with Gasteiger partial charge in [0, 0.05) is 12.1 Å². The van der Waals surface area contributed by atoms with Crippen LogP contribution in [0.25, 0.3) is 0 Å². The summed E-state index contributed by atoms with van der Waals surface area (Å²) in [5, 5.41) is 0.362. The molecule has 2 rings (SSSR count). The second kappa shape index (κ2) is 7.98. The molecule has 0 aromatic heterocycles. The van der Waals surface area contributed by atoms with Crippen LogP contribution in [-0.4, -0.2) is 30.4 Å². The Hall–Kier alpha value is -2.60. The number of nitrogens with zero attached hydrogens (tertiary/aromatic N) is 1. The molecule has 132 valence electrons. The van der Waals surface area contributed by atoms with Crippen LogP contribution in [0.4, 0.5) is 4.39 Å². The molecule has 1 unspecified atom stereocenters. The standard InChI is InChI=1S/C18H18ClFN2O3/c1-11(12-3-6-14(20)7-4-12)22(2)17(23)10-25-16-9-13(19)5-8-15(16)18(21)24/h3-9,11H,10H2,1-2H3,(H2,21,24). The molecule has 2 aromatic carbocycles. The van der Waals surface area contributed by atoms with Crippen molar-refractivity contribution in [2.45, 2.75) is 13.0 Å². The largest absolute Gasteiger partial charge is 0.483 e. The van der Waals surface area contributed by atoms with Crippen LogP contribution in [0, 0.1) is 5.82 Å². The minimum absolute atomic E-state index is 0.145. The number of primary amides is 1. The number of hydrogen-bond donors (Lipinski definition) is 1. The highest BCUT2D eigenvalue weighted by molar-refractivity contribution is 6.30. The molecular formula is C18H18ClFN2O3. The Kier molecular flexibility index (Phi) is 5.98. The van der Waals surface area contributed by atoms with Crippen molar-refractivity contribution in [1.29, 1.82) is 0 Å². The lowest BCUT2D eigenvalue weighted by Gasteiger charge is -2.25. The second-order valence-electron chi connectivity index (χ2n) is 5.53. The predicted octanol–water partition coefficient (Wildman–Crippen LogP) is 3.18. The molecule has 2 aromatic rings. The summed E-state index contributed by atoms with van der Waals surface area (Å²) in [6, 6.07) is 10.0. The van der Waals surface area contributed by atoms with Crippen LogP contribution in [0.1, 0.15) is 28.9 Å². The third-order valence-electron chi connectivity index (χ3n) is 3.89. The number of amides is 2. The topological polar surface area (TPSA) is 72.6 Å². The zero-order valence-corrected chi connectivity index (χ0v) is 14.6. The van der Waals surface area contributed by atoms with Gasteiger partial charge in [0.05, 0.1) is 11.6 Å². The third kappa shape index (κ3) is 4.70. The molecule has 0 heterocycles. The fraction of sp³-hybridized carbons (Fsp3) is 0.222. The first-order valence-electron chi connectivity index (χ1n) is 7.53. The zero-order valence-electron chi connectivity index (χ0n) is 13.8. The molecule has 25 heavy (non-hydrogen) atoms. The van der Waals surface area contributed by atoms with Crippen molar-refractivity contribution in [3.8, 4) is 5.75 Å². The van der Waals surface area contributed by atoms with Gasteiger partial charge in [-0.05, 0) is 42.8 Å². The molecular weight excluding hydrogens is 347 g/mol. The van der Waals surface area contributed by atoms with Crippen molar-refractivity contribution < 1.29 is 18.7 Å². The number of ether oxygens (including phenoxy) is 1. The lowest BCUT2D eigenvalue weighted by atomic mass is 10.1. The van der Waals surface area contributed by atoms with E-state index < -0.39 is 5.91 Å². The Bertz CT molecular complexity index is 780. The number of carbonyl (C=O) groups is 2. The number of halogens is 2. The Morgan fingerprint density at radius 3 is 2.48 bits per heavy atom. The molecule has 0 aliphatic carbocycles. The van der Waals surface area contributed by atoms with Gasteiger partial charge in [0.1, 0.15) is 11.6 Å². The summed E-state index contributed by atoms with van der Waals surface area (Å²) in [5.41, 5.74) is 6.21. The van der Waals surface area contributed by atoms with Gasteiger partial charge in [0.15, 0.2) is 6.61 Å². The molecule has 0 spiro atoms. The summed E-state index contributed by atoms with van der Waals surface area (Å²) in [6.07, 6.45) is 0. The number of hydrogen-bond acceptors (Lipinski definition) is 3. The maximum absolute atomic E-state index is 13.0. The first-order valence-corrected chi connectivity index (χ1v) is 7.90. The molecule has 0 aliphatic heterocycles. The van der Waals surface area contributed by atoms with Crippen LogP contribution in [0.3, 0.4) is 0 Å². The highest BCUT2D eigenvalue weighted by Crippen LogP contribution is 2.24. The number of benzene rings is 2. The number of carbonyl (C=O) groups excluding carboxylic acids is 2. The molecule has 0 fully saturated rings. The van der Waals surface area contributed by atoms with E-state index in [4.69, 9.17) is 22.1 Å². The fourth-order valence-corrected chi connectivity index (χ4v) is 2.40. The minimum atomic E-state index is -0.674. The predicted molar refractivity (Wildman–Crippen MR) is 93.0 cm³/mol. The smallest absolute Gasteiger partial charge is 0.260 e. The van der Waals surface area contributed by atoms with E-state index >= 15 is 0 Å². The van der Waals surface area contributed by atoms with Gasteiger partial charge in [-0.2, -0.15) is 0 Å². The van der Waals surface area contributed by atoms with Crippen LogP contribution in [0.2, 0.25) is 5.02 Å². The maximum atomic E-state index is 13.0. The Morgan fingerprint density at radius 1 is 1.24 bits per heavy atom. The van der Waals surface area contributed by atoms with Crippen LogP contribution >= 0.6 is 11.6 Å². The summed E-state index contributed by atoms with van der Waals surface area (Å²) in [7, 11) is 1.62. The number of nitrogens with two attached hydrogens (primary N) is 1. The van der Waals surface area contributed by atoms with E-state index in [1.54, 1.807) is 19.2 Å². The van der Waals surface area contributed by atoms with Crippen LogP contribution in [0.15, 0.2) is 42.5 Å². The maximum Gasteiger partial charge on any atom is 0.260 e. The SMILES string of the molecule is CC(c1ccc(F)cc1)N(C)C(=O)COc1cc(Cl)ccc1C(N)=O. The van der Waals surface area contributed by atoms with Crippen molar-refractivity contribution >= 4 is 23.4 Å². The van der Waals surface area contributed by atoms with Gasteiger partial charge in [-0.3, -0.25) is 9.59 Å². The highest BCUT2D eigenvalue weighted by atomic mass is 35.5.